The predicted molar refractivity (Wildman–Crippen MR) is 34.0 cm³/mol. The van der Waals surface area contributed by atoms with E-state index < -0.39 is 0 Å². The van der Waals surface area contributed by atoms with Gasteiger partial charge in [0.1, 0.15) is 0 Å². The van der Waals surface area contributed by atoms with E-state index in [-0.39, 0.29) is 0 Å². The minimum Gasteiger partial charge on any atom is -0.481 e. The van der Waals surface area contributed by atoms with Crippen LogP contribution in [-0.4, -0.2) is 24.2 Å². The van der Waals surface area contributed by atoms with Gasteiger partial charge in [0.25, 0.3) is 0 Å². The normalized spacial score (nSPS) is 9.00. The van der Waals surface area contributed by atoms with Gasteiger partial charge in [-0.05, 0) is 0 Å². The Morgan fingerprint density at radius 2 is 1.70 bits per heavy atom. The smallest absolute Gasteiger partial charge is 0.220 e. The summed E-state index contributed by atoms with van der Waals surface area (Å²) in [4.78, 5) is 7.34. The summed E-state index contributed by atoms with van der Waals surface area (Å²) in [5.41, 5.74) is 0. The molecule has 4 heteroatoms. The standard InChI is InChI=1S/C6H7N2O2/c1-9-5-3-6(10-2)8-4-7-5/h3H,1-2H3. The van der Waals surface area contributed by atoms with Crippen molar-refractivity contribution in [3.63, 3.8) is 0 Å². The molecule has 0 aromatic carbocycles. The molecule has 0 aliphatic rings. The fourth-order valence-electron chi connectivity index (χ4n) is 0.503. The molecule has 0 unspecified atom stereocenters. The van der Waals surface area contributed by atoms with E-state index in [2.05, 4.69) is 16.3 Å². The number of hydrogen-bond donors (Lipinski definition) is 0. The van der Waals surface area contributed by atoms with Crippen molar-refractivity contribution in [1.82, 2.24) is 9.97 Å². The third-order valence-electron chi connectivity index (χ3n) is 0.986. The van der Waals surface area contributed by atoms with E-state index >= 15 is 0 Å². The Kier molecular flexibility index (Phi) is 2.04. The average Bonchev–Trinajstić information content (AvgIpc) is 2.05. The maximum atomic E-state index is 4.79. The van der Waals surface area contributed by atoms with Crippen LogP contribution in [0.1, 0.15) is 0 Å². The van der Waals surface area contributed by atoms with Crippen LogP contribution in [0.15, 0.2) is 6.07 Å². The van der Waals surface area contributed by atoms with Crippen LogP contribution in [0.2, 0.25) is 0 Å². The summed E-state index contributed by atoms with van der Waals surface area (Å²) in [6, 6.07) is 1.58. The molecule has 1 heterocycles. The Labute approximate surface area is 58.8 Å². The molecule has 0 saturated carbocycles. The van der Waals surface area contributed by atoms with Gasteiger partial charge in [-0.25, -0.2) is 0 Å². The highest BCUT2D eigenvalue weighted by molar-refractivity contribution is 5.17. The highest BCUT2D eigenvalue weighted by Gasteiger charge is 1.95. The van der Waals surface area contributed by atoms with Crippen LogP contribution < -0.4 is 9.47 Å². The summed E-state index contributed by atoms with van der Waals surface area (Å²) in [6.07, 6.45) is 2.38. The van der Waals surface area contributed by atoms with Crippen LogP contribution in [0, 0.1) is 6.33 Å². The van der Waals surface area contributed by atoms with Crippen molar-refractivity contribution in [3.05, 3.63) is 12.4 Å². The van der Waals surface area contributed by atoms with Crippen LogP contribution in [0.25, 0.3) is 0 Å². The lowest BCUT2D eigenvalue weighted by Crippen LogP contribution is -1.91. The predicted octanol–water partition coefficient (Wildman–Crippen LogP) is 0.294. The van der Waals surface area contributed by atoms with E-state index in [9.17, 15) is 0 Å². The van der Waals surface area contributed by atoms with Gasteiger partial charge >= 0.3 is 0 Å². The monoisotopic (exact) mass is 139 g/mol. The van der Waals surface area contributed by atoms with Crippen LogP contribution >= 0.6 is 0 Å². The van der Waals surface area contributed by atoms with Gasteiger partial charge in [0.2, 0.25) is 18.1 Å². The molecular weight excluding hydrogens is 132 g/mol. The number of hydrogen-bond acceptors (Lipinski definition) is 4. The topological polar surface area (TPSA) is 44.2 Å². The summed E-state index contributed by atoms with van der Waals surface area (Å²) >= 11 is 0. The number of methoxy groups -OCH3 is 2. The van der Waals surface area contributed by atoms with E-state index in [1.807, 2.05) is 0 Å². The van der Waals surface area contributed by atoms with Gasteiger partial charge in [0.05, 0.1) is 20.3 Å². The molecule has 4 nitrogen and oxygen atoms in total. The molecule has 53 valence electrons. The molecule has 0 N–H and O–H groups in total. The van der Waals surface area contributed by atoms with E-state index in [1.165, 1.54) is 14.2 Å². The molecule has 10 heavy (non-hydrogen) atoms. The summed E-state index contributed by atoms with van der Waals surface area (Å²) < 4.78 is 9.59. The molecule has 1 radical (unpaired) electrons. The lowest BCUT2D eigenvalue weighted by atomic mass is 10.6. The van der Waals surface area contributed by atoms with Crippen LogP contribution in [0.5, 0.6) is 11.8 Å². The first-order valence-corrected chi connectivity index (χ1v) is 2.70. The largest absolute Gasteiger partial charge is 0.481 e. The van der Waals surface area contributed by atoms with Gasteiger partial charge in [-0.15, -0.1) is 0 Å². The van der Waals surface area contributed by atoms with E-state index in [1.54, 1.807) is 6.07 Å². The van der Waals surface area contributed by atoms with Crippen molar-refractivity contribution in [2.45, 2.75) is 0 Å². The lowest BCUT2D eigenvalue weighted by Gasteiger charge is -1.98. The van der Waals surface area contributed by atoms with Crippen molar-refractivity contribution in [2.24, 2.45) is 0 Å². The van der Waals surface area contributed by atoms with Crippen molar-refractivity contribution in [3.8, 4) is 11.8 Å². The number of ether oxygens (including phenoxy) is 2. The summed E-state index contributed by atoms with van der Waals surface area (Å²) in [7, 11) is 3.05. The molecule has 0 saturated heterocycles. The van der Waals surface area contributed by atoms with Crippen molar-refractivity contribution in [2.75, 3.05) is 14.2 Å². The summed E-state index contributed by atoms with van der Waals surface area (Å²) in [6.45, 7) is 0. The second-order valence-electron chi connectivity index (χ2n) is 1.55. The van der Waals surface area contributed by atoms with Gasteiger partial charge in [-0.1, -0.05) is 0 Å². The summed E-state index contributed by atoms with van der Waals surface area (Å²) in [5, 5.41) is 0. The van der Waals surface area contributed by atoms with Crippen molar-refractivity contribution >= 4 is 0 Å². The third-order valence-corrected chi connectivity index (χ3v) is 0.986. The molecule has 0 fully saturated rings. The third kappa shape index (κ3) is 1.34. The van der Waals surface area contributed by atoms with Gasteiger partial charge in [-0.2, -0.15) is 9.97 Å². The lowest BCUT2D eigenvalue weighted by molar-refractivity contribution is 0.371. The second-order valence-corrected chi connectivity index (χ2v) is 1.55. The number of aromatic nitrogens is 2. The average molecular weight is 139 g/mol. The minimum atomic E-state index is 0.451. The highest BCUT2D eigenvalue weighted by atomic mass is 16.5. The molecule has 1 rings (SSSR count). The zero-order valence-corrected chi connectivity index (χ0v) is 5.79. The molecule has 0 aliphatic carbocycles. The van der Waals surface area contributed by atoms with Crippen LogP contribution in [0.3, 0.4) is 0 Å². The second kappa shape index (κ2) is 3.00. The Hall–Kier alpha value is -1.32. The Balaban J connectivity index is 2.87. The fourth-order valence-corrected chi connectivity index (χ4v) is 0.503. The van der Waals surface area contributed by atoms with E-state index in [4.69, 9.17) is 9.47 Å². The molecule has 1 aromatic heterocycles. The Morgan fingerprint density at radius 1 is 1.20 bits per heavy atom. The Morgan fingerprint density at radius 3 is 2.10 bits per heavy atom. The van der Waals surface area contributed by atoms with Crippen LogP contribution in [-0.2, 0) is 0 Å². The fraction of sp³-hybridized carbons (Fsp3) is 0.333. The minimum absolute atomic E-state index is 0.451. The quantitative estimate of drug-likeness (QED) is 0.590. The first-order chi connectivity index (χ1) is 4.86. The Bertz CT molecular complexity index is 195. The summed E-state index contributed by atoms with van der Waals surface area (Å²) in [5.74, 6) is 0.902. The van der Waals surface area contributed by atoms with Crippen LogP contribution in [0.4, 0.5) is 0 Å². The van der Waals surface area contributed by atoms with Gasteiger partial charge < -0.3 is 9.47 Å². The number of nitrogens with zero attached hydrogens (tertiary/aromatic N) is 2. The van der Waals surface area contributed by atoms with E-state index in [0.29, 0.717) is 11.8 Å². The first-order valence-electron chi connectivity index (χ1n) is 2.70. The maximum Gasteiger partial charge on any atom is 0.220 e. The maximum absolute atomic E-state index is 4.79. The highest BCUT2D eigenvalue weighted by Crippen LogP contribution is 2.10. The SMILES string of the molecule is COc1cc(OC)n[c]n1. The van der Waals surface area contributed by atoms with Crippen molar-refractivity contribution < 1.29 is 9.47 Å². The number of rotatable bonds is 2. The molecule has 1 aromatic rings. The first kappa shape index (κ1) is 6.80. The molecule has 0 atom stereocenters. The molecule has 0 amide bonds. The van der Waals surface area contributed by atoms with Crippen molar-refractivity contribution in [1.29, 1.82) is 0 Å². The molecule has 0 spiro atoms. The zero-order chi connectivity index (χ0) is 7.40. The molecule has 0 aliphatic heterocycles. The molecule has 0 bridgehead atoms. The van der Waals surface area contributed by atoms with Gasteiger partial charge in [0, 0.05) is 0 Å². The van der Waals surface area contributed by atoms with E-state index in [0.717, 1.165) is 0 Å². The molecular formula is C6H7N2O2. The van der Waals surface area contributed by atoms with Gasteiger partial charge in [0.15, 0.2) is 0 Å². The van der Waals surface area contributed by atoms with Gasteiger partial charge in [-0.3, -0.25) is 0 Å². The zero-order valence-electron chi connectivity index (χ0n) is 5.79.